The van der Waals surface area contributed by atoms with Gasteiger partial charge in [0.15, 0.2) is 5.96 Å². The maximum atomic E-state index is 12.3. The predicted molar refractivity (Wildman–Crippen MR) is 114 cm³/mol. The van der Waals surface area contributed by atoms with E-state index >= 15 is 0 Å². The molecule has 2 aromatic carbocycles. The Morgan fingerprint density at radius 2 is 1.64 bits per heavy atom. The number of anilines is 1. The molecule has 0 aliphatic rings. The minimum atomic E-state index is 0. The Balaban J connectivity index is 0.00000312. The van der Waals surface area contributed by atoms with Gasteiger partial charge in [-0.25, -0.2) is 4.99 Å². The maximum absolute atomic E-state index is 12.3. The fraction of sp³-hybridized carbons (Fsp3) is 0.263. The molecule has 0 atom stereocenters. The molecule has 5 nitrogen and oxygen atoms in total. The Kier molecular flexibility index (Phi) is 8.98. The number of carbonyl (C=O) groups excluding carboxylic acids is 1. The fourth-order valence-electron chi connectivity index (χ4n) is 2.33. The van der Waals surface area contributed by atoms with Crippen LogP contribution in [0.25, 0.3) is 0 Å². The van der Waals surface area contributed by atoms with E-state index in [-0.39, 0.29) is 29.9 Å². The number of benzene rings is 2. The molecule has 0 aromatic heterocycles. The van der Waals surface area contributed by atoms with Gasteiger partial charge >= 0.3 is 0 Å². The van der Waals surface area contributed by atoms with Gasteiger partial charge in [0.05, 0.1) is 6.54 Å². The van der Waals surface area contributed by atoms with Crippen LogP contribution in [-0.4, -0.2) is 29.9 Å². The van der Waals surface area contributed by atoms with Crippen LogP contribution < -0.4 is 11.1 Å². The SMILES string of the molecule is CCN(CC)C(=O)c1ccc(CN=C(N)Nc2ccccc2)cc1.I. The molecule has 0 unspecified atom stereocenters. The van der Waals surface area contributed by atoms with Gasteiger partial charge in [-0.05, 0) is 43.7 Å². The zero-order valence-corrected chi connectivity index (χ0v) is 16.9. The number of para-hydroxylation sites is 1. The summed E-state index contributed by atoms with van der Waals surface area (Å²) in [5.74, 6) is 0.421. The quantitative estimate of drug-likeness (QED) is 0.399. The summed E-state index contributed by atoms with van der Waals surface area (Å²) in [6.07, 6.45) is 0. The second kappa shape index (κ2) is 10.7. The van der Waals surface area contributed by atoms with Crippen LogP contribution >= 0.6 is 24.0 Å². The van der Waals surface area contributed by atoms with Crippen molar-refractivity contribution in [3.63, 3.8) is 0 Å². The van der Waals surface area contributed by atoms with Gasteiger partial charge in [0.2, 0.25) is 0 Å². The topological polar surface area (TPSA) is 70.7 Å². The van der Waals surface area contributed by atoms with Crippen molar-refractivity contribution in [2.45, 2.75) is 20.4 Å². The number of aliphatic imine (C=N–C) groups is 1. The zero-order valence-electron chi connectivity index (χ0n) is 14.6. The van der Waals surface area contributed by atoms with E-state index in [1.54, 1.807) is 4.90 Å². The predicted octanol–water partition coefficient (Wildman–Crippen LogP) is 3.71. The number of hydrogen-bond donors (Lipinski definition) is 2. The van der Waals surface area contributed by atoms with Gasteiger partial charge in [0.25, 0.3) is 5.91 Å². The Bertz CT molecular complexity index is 682. The maximum Gasteiger partial charge on any atom is 0.253 e. The fourth-order valence-corrected chi connectivity index (χ4v) is 2.33. The highest BCUT2D eigenvalue weighted by molar-refractivity contribution is 14.0. The number of nitrogens with one attached hydrogen (secondary N) is 1. The molecule has 6 heteroatoms. The molecule has 2 aromatic rings. The number of nitrogens with zero attached hydrogens (tertiary/aromatic N) is 2. The third-order valence-corrected chi connectivity index (χ3v) is 3.73. The van der Waals surface area contributed by atoms with Crippen molar-refractivity contribution in [2.75, 3.05) is 18.4 Å². The zero-order chi connectivity index (χ0) is 17.4. The minimum Gasteiger partial charge on any atom is -0.370 e. The molecule has 25 heavy (non-hydrogen) atoms. The van der Waals surface area contributed by atoms with E-state index < -0.39 is 0 Å². The summed E-state index contributed by atoms with van der Waals surface area (Å²) in [7, 11) is 0. The average molecular weight is 452 g/mol. The summed E-state index contributed by atoms with van der Waals surface area (Å²) in [5, 5.41) is 3.04. The van der Waals surface area contributed by atoms with Crippen LogP contribution in [-0.2, 0) is 6.54 Å². The third kappa shape index (κ3) is 6.38. The Morgan fingerprint density at radius 3 is 2.20 bits per heavy atom. The van der Waals surface area contributed by atoms with Crippen molar-refractivity contribution < 1.29 is 4.79 Å². The number of rotatable bonds is 6. The van der Waals surface area contributed by atoms with E-state index in [9.17, 15) is 4.79 Å². The molecule has 0 fully saturated rings. The van der Waals surface area contributed by atoms with Gasteiger partial charge in [0.1, 0.15) is 0 Å². The molecule has 2 rings (SSSR count). The van der Waals surface area contributed by atoms with Crippen LogP contribution in [0, 0.1) is 0 Å². The lowest BCUT2D eigenvalue weighted by molar-refractivity contribution is 0.0773. The van der Waals surface area contributed by atoms with Crippen molar-refractivity contribution >= 4 is 41.5 Å². The van der Waals surface area contributed by atoms with E-state index in [2.05, 4.69) is 10.3 Å². The number of hydrogen-bond acceptors (Lipinski definition) is 2. The van der Waals surface area contributed by atoms with E-state index in [4.69, 9.17) is 5.73 Å². The average Bonchev–Trinajstić information content (AvgIpc) is 2.62. The molecule has 0 radical (unpaired) electrons. The highest BCUT2D eigenvalue weighted by atomic mass is 127. The Morgan fingerprint density at radius 1 is 1.04 bits per heavy atom. The molecule has 0 bridgehead atoms. The lowest BCUT2D eigenvalue weighted by atomic mass is 10.1. The largest absolute Gasteiger partial charge is 0.370 e. The molecule has 1 amide bonds. The second-order valence-corrected chi connectivity index (χ2v) is 5.37. The molecule has 0 aliphatic carbocycles. The van der Waals surface area contributed by atoms with Gasteiger partial charge < -0.3 is 16.0 Å². The standard InChI is InChI=1S/C19H24N4O.HI/c1-3-23(4-2)18(24)16-12-10-15(11-13-16)14-21-19(20)22-17-8-6-5-7-9-17;/h5-13H,3-4,14H2,1-2H3,(H3,20,21,22);1H. The van der Waals surface area contributed by atoms with E-state index in [1.165, 1.54) is 0 Å². The Hall–Kier alpha value is -2.09. The molecule has 0 heterocycles. The first-order valence-electron chi connectivity index (χ1n) is 8.14. The van der Waals surface area contributed by atoms with Crippen LogP contribution in [0.4, 0.5) is 5.69 Å². The van der Waals surface area contributed by atoms with Crippen molar-refractivity contribution in [1.29, 1.82) is 0 Å². The number of carbonyl (C=O) groups is 1. The number of guanidine groups is 1. The molecular formula is C19H25IN4O. The van der Waals surface area contributed by atoms with Gasteiger partial charge in [0, 0.05) is 24.3 Å². The first-order valence-corrected chi connectivity index (χ1v) is 8.14. The molecule has 0 saturated heterocycles. The summed E-state index contributed by atoms with van der Waals surface area (Å²) < 4.78 is 0. The van der Waals surface area contributed by atoms with Gasteiger partial charge in [-0.3, -0.25) is 4.79 Å². The molecule has 0 aliphatic heterocycles. The molecule has 3 N–H and O–H groups in total. The Labute approximate surface area is 166 Å². The third-order valence-electron chi connectivity index (χ3n) is 3.73. The lowest BCUT2D eigenvalue weighted by Crippen LogP contribution is -2.30. The molecule has 0 spiro atoms. The minimum absolute atomic E-state index is 0. The first-order chi connectivity index (χ1) is 11.6. The summed E-state index contributed by atoms with van der Waals surface area (Å²) in [6.45, 7) is 5.84. The smallest absolute Gasteiger partial charge is 0.253 e. The normalized spacial score (nSPS) is 10.7. The van der Waals surface area contributed by atoms with Crippen LogP contribution in [0.2, 0.25) is 0 Å². The van der Waals surface area contributed by atoms with Crippen LogP contribution in [0.3, 0.4) is 0 Å². The summed E-state index contributed by atoms with van der Waals surface area (Å²) in [4.78, 5) is 18.4. The second-order valence-electron chi connectivity index (χ2n) is 5.37. The van der Waals surface area contributed by atoms with E-state index in [0.29, 0.717) is 31.2 Å². The van der Waals surface area contributed by atoms with Gasteiger partial charge in [-0.2, -0.15) is 0 Å². The van der Waals surface area contributed by atoms with Crippen LogP contribution in [0.15, 0.2) is 59.6 Å². The van der Waals surface area contributed by atoms with Crippen molar-refractivity contribution in [3.05, 3.63) is 65.7 Å². The van der Waals surface area contributed by atoms with E-state index in [0.717, 1.165) is 11.3 Å². The van der Waals surface area contributed by atoms with E-state index in [1.807, 2.05) is 68.4 Å². The summed E-state index contributed by atoms with van der Waals surface area (Å²) >= 11 is 0. The van der Waals surface area contributed by atoms with Crippen molar-refractivity contribution in [1.82, 2.24) is 4.90 Å². The first kappa shape index (κ1) is 21.0. The van der Waals surface area contributed by atoms with Crippen molar-refractivity contribution in [3.8, 4) is 0 Å². The number of halogens is 1. The monoisotopic (exact) mass is 452 g/mol. The summed E-state index contributed by atoms with van der Waals surface area (Å²) in [5.41, 5.74) is 8.49. The van der Waals surface area contributed by atoms with Crippen molar-refractivity contribution in [2.24, 2.45) is 10.7 Å². The number of amides is 1. The highest BCUT2D eigenvalue weighted by Crippen LogP contribution is 2.09. The van der Waals surface area contributed by atoms with Crippen LogP contribution in [0.5, 0.6) is 0 Å². The van der Waals surface area contributed by atoms with Crippen LogP contribution in [0.1, 0.15) is 29.8 Å². The van der Waals surface area contributed by atoms with Gasteiger partial charge in [-0.15, -0.1) is 24.0 Å². The molecular weight excluding hydrogens is 427 g/mol. The highest BCUT2D eigenvalue weighted by Gasteiger charge is 2.11. The molecule has 134 valence electrons. The lowest BCUT2D eigenvalue weighted by Gasteiger charge is -2.18. The van der Waals surface area contributed by atoms with Gasteiger partial charge in [-0.1, -0.05) is 30.3 Å². The summed E-state index contributed by atoms with van der Waals surface area (Å²) in [6, 6.07) is 17.2. The number of nitrogens with two attached hydrogens (primary N) is 1. The molecule has 0 saturated carbocycles.